The predicted molar refractivity (Wildman–Crippen MR) is 53.1 cm³/mol. The molecule has 1 aliphatic heterocycles. The Balaban J connectivity index is 2.40. The summed E-state index contributed by atoms with van der Waals surface area (Å²) in [7, 11) is 0. The third-order valence-corrected chi connectivity index (χ3v) is 2.75. The highest BCUT2D eigenvalue weighted by Crippen LogP contribution is 2.33. The first-order valence-electron chi connectivity index (χ1n) is 4.68. The van der Waals surface area contributed by atoms with E-state index in [-0.39, 0.29) is 6.10 Å². The first-order chi connectivity index (χ1) is 6.22. The lowest BCUT2D eigenvalue weighted by Crippen LogP contribution is -2.24. The molecule has 0 saturated heterocycles. The summed E-state index contributed by atoms with van der Waals surface area (Å²) in [5, 5.41) is 0. The van der Waals surface area contributed by atoms with Crippen LogP contribution in [0.2, 0.25) is 0 Å². The number of hydrogen-bond donors (Lipinski definition) is 1. The van der Waals surface area contributed by atoms with Gasteiger partial charge in [0.15, 0.2) is 0 Å². The zero-order chi connectivity index (χ0) is 9.42. The van der Waals surface area contributed by atoms with Crippen molar-refractivity contribution < 1.29 is 4.74 Å². The lowest BCUT2D eigenvalue weighted by Gasteiger charge is -2.09. The van der Waals surface area contributed by atoms with Crippen LogP contribution in [-0.2, 0) is 6.42 Å². The molecule has 1 atom stereocenters. The van der Waals surface area contributed by atoms with Crippen molar-refractivity contribution >= 4 is 0 Å². The Morgan fingerprint density at radius 3 is 2.92 bits per heavy atom. The van der Waals surface area contributed by atoms with Crippen molar-refractivity contribution in [2.24, 2.45) is 5.73 Å². The van der Waals surface area contributed by atoms with Gasteiger partial charge in [0, 0.05) is 13.0 Å². The van der Waals surface area contributed by atoms with Crippen molar-refractivity contribution in [3.63, 3.8) is 0 Å². The molecule has 0 aliphatic carbocycles. The van der Waals surface area contributed by atoms with Crippen molar-refractivity contribution in [1.29, 1.82) is 0 Å². The van der Waals surface area contributed by atoms with E-state index in [0.717, 1.165) is 12.2 Å². The fourth-order valence-electron chi connectivity index (χ4n) is 1.76. The minimum Gasteiger partial charge on any atom is -0.488 e. The van der Waals surface area contributed by atoms with Crippen molar-refractivity contribution in [3.05, 3.63) is 28.8 Å². The summed E-state index contributed by atoms with van der Waals surface area (Å²) < 4.78 is 5.74. The van der Waals surface area contributed by atoms with E-state index in [9.17, 15) is 0 Å². The summed E-state index contributed by atoms with van der Waals surface area (Å²) in [6.07, 6.45) is 1.16. The molecule has 0 fully saturated rings. The largest absolute Gasteiger partial charge is 0.488 e. The topological polar surface area (TPSA) is 35.2 Å². The van der Waals surface area contributed by atoms with Gasteiger partial charge in [0.25, 0.3) is 0 Å². The van der Waals surface area contributed by atoms with Gasteiger partial charge < -0.3 is 10.5 Å². The number of nitrogens with two attached hydrogens (primary N) is 1. The Morgan fingerprint density at radius 1 is 1.46 bits per heavy atom. The van der Waals surface area contributed by atoms with Crippen LogP contribution in [0.3, 0.4) is 0 Å². The second-order valence-corrected chi connectivity index (χ2v) is 3.68. The molecule has 13 heavy (non-hydrogen) atoms. The van der Waals surface area contributed by atoms with Gasteiger partial charge in [-0.1, -0.05) is 12.1 Å². The number of ether oxygens (including phenoxy) is 1. The molecule has 0 aromatic heterocycles. The van der Waals surface area contributed by atoms with Crippen molar-refractivity contribution in [2.45, 2.75) is 26.4 Å². The van der Waals surface area contributed by atoms with Crippen LogP contribution in [0.5, 0.6) is 5.75 Å². The molecule has 1 heterocycles. The standard InChI is InChI=1S/C11H15NO/c1-7-3-4-9-5-10(6-12)13-11(9)8(7)2/h3-4,10H,5-6,12H2,1-2H3. The van der Waals surface area contributed by atoms with E-state index in [2.05, 4.69) is 26.0 Å². The van der Waals surface area contributed by atoms with Gasteiger partial charge in [-0.3, -0.25) is 0 Å². The zero-order valence-electron chi connectivity index (χ0n) is 8.13. The average molecular weight is 177 g/mol. The number of hydrogen-bond acceptors (Lipinski definition) is 2. The maximum absolute atomic E-state index is 5.74. The van der Waals surface area contributed by atoms with Gasteiger partial charge in [-0.25, -0.2) is 0 Å². The van der Waals surface area contributed by atoms with Gasteiger partial charge in [0.2, 0.25) is 0 Å². The third kappa shape index (κ3) is 1.31. The molecule has 0 spiro atoms. The second-order valence-electron chi connectivity index (χ2n) is 3.68. The van der Waals surface area contributed by atoms with Crippen LogP contribution in [0, 0.1) is 13.8 Å². The van der Waals surface area contributed by atoms with Crippen LogP contribution in [0.1, 0.15) is 16.7 Å². The number of aryl methyl sites for hydroxylation is 1. The summed E-state index contributed by atoms with van der Waals surface area (Å²) in [6, 6.07) is 4.30. The molecule has 2 rings (SSSR count). The van der Waals surface area contributed by atoms with E-state index in [0.29, 0.717) is 6.54 Å². The van der Waals surface area contributed by atoms with Crippen LogP contribution in [-0.4, -0.2) is 12.6 Å². The maximum atomic E-state index is 5.74. The van der Waals surface area contributed by atoms with E-state index >= 15 is 0 Å². The fraction of sp³-hybridized carbons (Fsp3) is 0.455. The van der Waals surface area contributed by atoms with Gasteiger partial charge in [0.1, 0.15) is 11.9 Å². The first-order valence-corrected chi connectivity index (χ1v) is 4.68. The molecular formula is C11H15NO. The van der Waals surface area contributed by atoms with Crippen LogP contribution >= 0.6 is 0 Å². The normalized spacial score (nSPS) is 19.8. The van der Waals surface area contributed by atoms with E-state index in [4.69, 9.17) is 10.5 Å². The minimum atomic E-state index is 0.190. The van der Waals surface area contributed by atoms with E-state index in [1.54, 1.807) is 0 Å². The van der Waals surface area contributed by atoms with Gasteiger partial charge in [0.05, 0.1) is 0 Å². The van der Waals surface area contributed by atoms with E-state index < -0.39 is 0 Å². The molecule has 1 aliphatic rings. The van der Waals surface area contributed by atoms with Crippen LogP contribution in [0.15, 0.2) is 12.1 Å². The van der Waals surface area contributed by atoms with E-state index in [1.807, 2.05) is 0 Å². The molecular weight excluding hydrogens is 162 g/mol. The lowest BCUT2D eigenvalue weighted by atomic mass is 10.0. The average Bonchev–Trinajstić information content (AvgIpc) is 2.55. The van der Waals surface area contributed by atoms with Crippen LogP contribution < -0.4 is 10.5 Å². The molecule has 2 nitrogen and oxygen atoms in total. The highest BCUT2D eigenvalue weighted by molar-refractivity contribution is 5.47. The minimum absolute atomic E-state index is 0.190. The number of fused-ring (bicyclic) bond motifs is 1. The molecule has 0 amide bonds. The SMILES string of the molecule is Cc1ccc2c(c1C)OC(CN)C2. The van der Waals surface area contributed by atoms with Crippen molar-refractivity contribution in [3.8, 4) is 5.75 Å². The van der Waals surface area contributed by atoms with Crippen LogP contribution in [0.25, 0.3) is 0 Å². The predicted octanol–water partition coefficient (Wildman–Crippen LogP) is 1.57. The molecule has 2 N–H and O–H groups in total. The molecule has 1 unspecified atom stereocenters. The third-order valence-electron chi connectivity index (χ3n) is 2.75. The maximum Gasteiger partial charge on any atom is 0.126 e. The Hall–Kier alpha value is -1.02. The Labute approximate surface area is 78.7 Å². The Kier molecular flexibility index (Phi) is 2.00. The molecule has 0 bridgehead atoms. The molecule has 1 aromatic rings. The highest BCUT2D eigenvalue weighted by atomic mass is 16.5. The molecule has 1 aromatic carbocycles. The summed E-state index contributed by atoms with van der Waals surface area (Å²) >= 11 is 0. The van der Waals surface area contributed by atoms with Gasteiger partial charge in [-0.2, -0.15) is 0 Å². The second kappa shape index (κ2) is 3.04. The summed E-state index contributed by atoms with van der Waals surface area (Å²) in [4.78, 5) is 0. The zero-order valence-corrected chi connectivity index (χ0v) is 8.13. The number of rotatable bonds is 1. The van der Waals surface area contributed by atoms with Crippen molar-refractivity contribution in [2.75, 3.05) is 6.54 Å². The highest BCUT2D eigenvalue weighted by Gasteiger charge is 2.23. The first kappa shape index (κ1) is 8.57. The fourth-order valence-corrected chi connectivity index (χ4v) is 1.76. The van der Waals surface area contributed by atoms with Gasteiger partial charge in [-0.15, -0.1) is 0 Å². The number of benzene rings is 1. The van der Waals surface area contributed by atoms with Crippen molar-refractivity contribution in [1.82, 2.24) is 0 Å². The lowest BCUT2D eigenvalue weighted by molar-refractivity contribution is 0.240. The summed E-state index contributed by atoms with van der Waals surface area (Å²) in [6.45, 7) is 4.81. The Bertz CT molecular complexity index is 333. The summed E-state index contributed by atoms with van der Waals surface area (Å²) in [5.41, 5.74) is 9.43. The quantitative estimate of drug-likeness (QED) is 0.706. The van der Waals surface area contributed by atoms with Gasteiger partial charge in [-0.05, 0) is 30.5 Å². The Morgan fingerprint density at radius 2 is 2.23 bits per heavy atom. The molecule has 70 valence electrons. The molecule has 2 heteroatoms. The monoisotopic (exact) mass is 177 g/mol. The van der Waals surface area contributed by atoms with E-state index in [1.165, 1.54) is 16.7 Å². The van der Waals surface area contributed by atoms with Crippen LogP contribution in [0.4, 0.5) is 0 Å². The van der Waals surface area contributed by atoms with Gasteiger partial charge >= 0.3 is 0 Å². The molecule has 0 saturated carbocycles. The summed E-state index contributed by atoms with van der Waals surface area (Å²) in [5.74, 6) is 1.07. The smallest absolute Gasteiger partial charge is 0.126 e. The molecule has 0 radical (unpaired) electrons.